The zero-order valence-corrected chi connectivity index (χ0v) is 15.2. The van der Waals surface area contributed by atoms with E-state index in [1.165, 1.54) is 6.26 Å². The summed E-state index contributed by atoms with van der Waals surface area (Å²) >= 11 is 1.60. The van der Waals surface area contributed by atoms with Crippen LogP contribution in [0.3, 0.4) is 0 Å². The molecule has 2 aromatic rings. The number of carbonyl (C=O) groups excluding carboxylic acids is 2. The maximum Gasteiger partial charge on any atom is 0.287 e. The average Bonchev–Trinajstić information content (AvgIpc) is 3.32. The molecule has 1 saturated heterocycles. The number of thiazole rings is 1. The van der Waals surface area contributed by atoms with E-state index in [4.69, 9.17) is 4.42 Å². The highest BCUT2D eigenvalue weighted by Crippen LogP contribution is 2.19. The zero-order chi connectivity index (χ0) is 17.8. The van der Waals surface area contributed by atoms with E-state index in [0.29, 0.717) is 13.1 Å². The topological polar surface area (TPSA) is 78.7 Å². The van der Waals surface area contributed by atoms with Gasteiger partial charge in [0.05, 0.1) is 6.26 Å². The molecule has 2 aromatic heterocycles. The van der Waals surface area contributed by atoms with E-state index >= 15 is 0 Å². The van der Waals surface area contributed by atoms with Gasteiger partial charge in [-0.05, 0) is 18.1 Å². The number of anilines is 1. The van der Waals surface area contributed by atoms with E-state index in [1.54, 1.807) is 29.7 Å². The minimum Gasteiger partial charge on any atom is -0.459 e. The first-order valence-corrected chi connectivity index (χ1v) is 9.22. The molecule has 134 valence electrons. The number of furan rings is 1. The average molecular weight is 362 g/mol. The second kappa shape index (κ2) is 7.69. The van der Waals surface area contributed by atoms with Gasteiger partial charge in [-0.15, -0.1) is 11.3 Å². The van der Waals surface area contributed by atoms with Gasteiger partial charge in [0.2, 0.25) is 5.91 Å². The third-order valence-corrected chi connectivity index (χ3v) is 5.08. The molecule has 1 aliphatic heterocycles. The second-order valence-electron chi connectivity index (χ2n) is 6.30. The zero-order valence-electron chi connectivity index (χ0n) is 14.3. The first kappa shape index (κ1) is 17.5. The van der Waals surface area contributed by atoms with Crippen molar-refractivity contribution in [2.75, 3.05) is 31.1 Å². The number of aromatic nitrogens is 1. The minimum absolute atomic E-state index is 0.0107. The fourth-order valence-electron chi connectivity index (χ4n) is 2.82. The number of hydrogen-bond acceptors (Lipinski definition) is 6. The van der Waals surface area contributed by atoms with Crippen molar-refractivity contribution < 1.29 is 14.0 Å². The van der Waals surface area contributed by atoms with Gasteiger partial charge in [0.15, 0.2) is 10.9 Å². The minimum atomic E-state index is -0.566. The molecule has 0 spiro atoms. The second-order valence-corrected chi connectivity index (χ2v) is 7.17. The number of rotatable bonds is 5. The van der Waals surface area contributed by atoms with Gasteiger partial charge in [-0.1, -0.05) is 13.8 Å². The molecule has 0 radical (unpaired) electrons. The lowest BCUT2D eigenvalue weighted by molar-refractivity contribution is -0.134. The van der Waals surface area contributed by atoms with Crippen molar-refractivity contribution in [1.82, 2.24) is 15.2 Å². The summed E-state index contributed by atoms with van der Waals surface area (Å²) < 4.78 is 5.11. The van der Waals surface area contributed by atoms with Gasteiger partial charge in [0, 0.05) is 37.8 Å². The van der Waals surface area contributed by atoms with Crippen LogP contribution in [-0.2, 0) is 4.79 Å². The van der Waals surface area contributed by atoms with Gasteiger partial charge in [0.1, 0.15) is 6.04 Å². The molecule has 7 nitrogen and oxygen atoms in total. The molecule has 0 aromatic carbocycles. The summed E-state index contributed by atoms with van der Waals surface area (Å²) in [6.07, 6.45) is 3.23. The Labute approximate surface area is 150 Å². The van der Waals surface area contributed by atoms with Crippen LogP contribution in [0.2, 0.25) is 0 Å². The van der Waals surface area contributed by atoms with Crippen molar-refractivity contribution in [2.24, 2.45) is 5.92 Å². The SMILES string of the molecule is CC(C)C(NC(=O)c1ccco1)C(=O)N1CCN(c2nccs2)CC1. The Hall–Kier alpha value is -2.35. The van der Waals surface area contributed by atoms with Crippen molar-refractivity contribution in [3.05, 3.63) is 35.7 Å². The van der Waals surface area contributed by atoms with Gasteiger partial charge in [-0.2, -0.15) is 0 Å². The Morgan fingerprint density at radius 2 is 2.04 bits per heavy atom. The monoisotopic (exact) mass is 362 g/mol. The lowest BCUT2D eigenvalue weighted by Crippen LogP contribution is -2.56. The summed E-state index contributed by atoms with van der Waals surface area (Å²) in [5.41, 5.74) is 0. The van der Waals surface area contributed by atoms with Crippen molar-refractivity contribution in [1.29, 1.82) is 0 Å². The smallest absolute Gasteiger partial charge is 0.287 e. The molecule has 0 bridgehead atoms. The lowest BCUT2D eigenvalue weighted by Gasteiger charge is -2.37. The van der Waals surface area contributed by atoms with Crippen LogP contribution >= 0.6 is 11.3 Å². The number of hydrogen-bond donors (Lipinski definition) is 1. The molecule has 0 saturated carbocycles. The molecule has 2 amide bonds. The summed E-state index contributed by atoms with van der Waals surface area (Å²) in [6.45, 7) is 6.59. The Morgan fingerprint density at radius 1 is 1.28 bits per heavy atom. The molecule has 1 unspecified atom stereocenters. The highest BCUT2D eigenvalue weighted by atomic mass is 32.1. The first-order chi connectivity index (χ1) is 12.1. The Kier molecular flexibility index (Phi) is 5.37. The summed E-state index contributed by atoms with van der Waals surface area (Å²) in [5, 5.41) is 5.74. The van der Waals surface area contributed by atoms with Gasteiger partial charge in [0.25, 0.3) is 5.91 Å². The molecule has 1 aliphatic rings. The van der Waals surface area contributed by atoms with E-state index in [-0.39, 0.29) is 23.5 Å². The van der Waals surface area contributed by atoms with Crippen molar-refractivity contribution in [3.8, 4) is 0 Å². The van der Waals surface area contributed by atoms with Crippen LogP contribution in [0.4, 0.5) is 5.13 Å². The van der Waals surface area contributed by atoms with Gasteiger partial charge in [-0.25, -0.2) is 4.98 Å². The van der Waals surface area contributed by atoms with Gasteiger partial charge in [-0.3, -0.25) is 9.59 Å². The van der Waals surface area contributed by atoms with Crippen LogP contribution in [0.25, 0.3) is 0 Å². The molecular formula is C17H22N4O3S. The Bertz CT molecular complexity index is 692. The summed E-state index contributed by atoms with van der Waals surface area (Å²) in [5.74, 6) is -0.206. The number of nitrogens with zero attached hydrogens (tertiary/aromatic N) is 3. The third kappa shape index (κ3) is 4.01. The summed E-state index contributed by atoms with van der Waals surface area (Å²) in [7, 11) is 0. The standard InChI is InChI=1S/C17H22N4O3S/c1-12(2)14(19-15(22)13-4-3-10-24-13)16(23)20-6-8-21(9-7-20)17-18-5-11-25-17/h3-5,10-12,14H,6-9H2,1-2H3,(H,19,22). The molecule has 1 fully saturated rings. The fourth-order valence-corrected chi connectivity index (χ4v) is 3.52. The molecule has 1 N–H and O–H groups in total. The van der Waals surface area contributed by atoms with E-state index in [9.17, 15) is 9.59 Å². The Balaban J connectivity index is 1.60. The van der Waals surface area contributed by atoms with Crippen LogP contribution in [0.15, 0.2) is 34.4 Å². The van der Waals surface area contributed by atoms with E-state index in [2.05, 4.69) is 15.2 Å². The molecule has 3 rings (SSSR count). The first-order valence-electron chi connectivity index (χ1n) is 8.34. The van der Waals surface area contributed by atoms with E-state index in [1.807, 2.05) is 24.1 Å². The van der Waals surface area contributed by atoms with E-state index in [0.717, 1.165) is 18.2 Å². The van der Waals surface area contributed by atoms with Gasteiger partial charge >= 0.3 is 0 Å². The molecule has 0 aliphatic carbocycles. The number of amides is 2. The van der Waals surface area contributed by atoms with Crippen LogP contribution < -0.4 is 10.2 Å². The molecule has 1 atom stereocenters. The maximum atomic E-state index is 12.9. The highest BCUT2D eigenvalue weighted by molar-refractivity contribution is 7.13. The fraction of sp³-hybridized carbons (Fsp3) is 0.471. The summed E-state index contributed by atoms with van der Waals surface area (Å²) in [6, 6.07) is 2.67. The molecule has 25 heavy (non-hydrogen) atoms. The van der Waals surface area contributed by atoms with Crippen molar-refractivity contribution in [2.45, 2.75) is 19.9 Å². The Morgan fingerprint density at radius 3 is 2.60 bits per heavy atom. The van der Waals surface area contributed by atoms with Crippen molar-refractivity contribution >= 4 is 28.3 Å². The van der Waals surface area contributed by atoms with Crippen LogP contribution in [0, 0.1) is 5.92 Å². The lowest BCUT2D eigenvalue weighted by atomic mass is 10.0. The normalized spacial score (nSPS) is 16.1. The summed E-state index contributed by atoms with van der Waals surface area (Å²) in [4.78, 5) is 33.4. The molecular weight excluding hydrogens is 340 g/mol. The molecule has 3 heterocycles. The highest BCUT2D eigenvalue weighted by Gasteiger charge is 2.31. The number of nitrogens with one attached hydrogen (secondary N) is 1. The third-order valence-electron chi connectivity index (χ3n) is 4.25. The largest absolute Gasteiger partial charge is 0.459 e. The number of piperazine rings is 1. The quantitative estimate of drug-likeness (QED) is 0.878. The van der Waals surface area contributed by atoms with Crippen LogP contribution in [-0.4, -0.2) is 53.9 Å². The van der Waals surface area contributed by atoms with E-state index < -0.39 is 6.04 Å². The van der Waals surface area contributed by atoms with Crippen LogP contribution in [0.1, 0.15) is 24.4 Å². The number of carbonyl (C=O) groups is 2. The predicted octanol–water partition coefficient (Wildman–Crippen LogP) is 1.84. The predicted molar refractivity (Wildman–Crippen MR) is 95.7 cm³/mol. The molecule has 8 heteroatoms. The van der Waals surface area contributed by atoms with Crippen LogP contribution in [0.5, 0.6) is 0 Å². The van der Waals surface area contributed by atoms with Crippen molar-refractivity contribution in [3.63, 3.8) is 0 Å². The maximum absolute atomic E-state index is 12.9. The van der Waals surface area contributed by atoms with Gasteiger partial charge < -0.3 is 19.5 Å².